The molecule has 2 amide bonds. The van der Waals surface area contributed by atoms with Crippen molar-refractivity contribution in [2.45, 2.75) is 76.7 Å². The lowest BCUT2D eigenvalue weighted by Crippen LogP contribution is -2.53. The highest BCUT2D eigenvalue weighted by Gasteiger charge is 2.45. The smallest absolute Gasteiger partial charge is 0.243 e. The minimum Gasteiger partial charge on any atom is -0.350 e. The lowest BCUT2D eigenvalue weighted by atomic mass is 9.99. The van der Waals surface area contributed by atoms with Crippen molar-refractivity contribution in [2.24, 2.45) is 11.7 Å². The van der Waals surface area contributed by atoms with E-state index in [1.165, 1.54) is 5.56 Å². The van der Waals surface area contributed by atoms with Gasteiger partial charge in [-0.3, -0.25) is 14.5 Å². The van der Waals surface area contributed by atoms with Crippen LogP contribution >= 0.6 is 11.6 Å². The molecule has 2 aliphatic rings. The van der Waals surface area contributed by atoms with Crippen LogP contribution in [0.15, 0.2) is 54.6 Å². The van der Waals surface area contributed by atoms with Crippen molar-refractivity contribution in [1.29, 1.82) is 0 Å². The van der Waals surface area contributed by atoms with E-state index in [2.05, 4.69) is 48.3 Å². The average molecular weight is 511 g/mol. The average Bonchev–Trinajstić information content (AvgIpc) is 3.20. The van der Waals surface area contributed by atoms with Crippen molar-refractivity contribution >= 4 is 23.4 Å². The normalized spacial score (nSPS) is 23.4. The molecular formula is C29H39ClN4O2. The monoisotopic (exact) mass is 510 g/mol. The van der Waals surface area contributed by atoms with Crippen molar-refractivity contribution in [3.05, 3.63) is 70.7 Å². The lowest BCUT2D eigenvalue weighted by Gasteiger charge is -2.33. The molecule has 4 atom stereocenters. The summed E-state index contributed by atoms with van der Waals surface area (Å²) in [6.45, 7) is 5.85. The number of carbonyl (C=O) groups is 2. The van der Waals surface area contributed by atoms with Gasteiger partial charge in [0.25, 0.3) is 0 Å². The van der Waals surface area contributed by atoms with Crippen molar-refractivity contribution < 1.29 is 9.59 Å². The summed E-state index contributed by atoms with van der Waals surface area (Å²) < 4.78 is 0. The zero-order chi connectivity index (χ0) is 25.7. The number of amides is 2. The first-order valence-corrected chi connectivity index (χ1v) is 13.6. The zero-order valence-corrected chi connectivity index (χ0v) is 22.2. The predicted molar refractivity (Wildman–Crippen MR) is 145 cm³/mol. The number of hydrogen-bond acceptors (Lipinski definition) is 4. The molecule has 2 aliphatic heterocycles. The maximum Gasteiger partial charge on any atom is 0.243 e. The van der Waals surface area contributed by atoms with E-state index in [4.69, 9.17) is 17.3 Å². The van der Waals surface area contributed by atoms with E-state index in [0.29, 0.717) is 31.0 Å². The maximum atomic E-state index is 13.9. The topological polar surface area (TPSA) is 78.7 Å². The van der Waals surface area contributed by atoms with Crippen molar-refractivity contribution in [3.8, 4) is 0 Å². The van der Waals surface area contributed by atoms with Gasteiger partial charge in [0, 0.05) is 36.7 Å². The molecule has 6 nitrogen and oxygen atoms in total. The van der Waals surface area contributed by atoms with Crippen LogP contribution in [0.1, 0.15) is 50.7 Å². The standard InChI is InChI=1S/C29H39ClN4O2/c1-20(2)16-26(28(35)32-18-22-10-6-7-11-25(22)30)33-15-14-24(13-12-21-8-4-3-5-9-21)34-19-23(31)17-27(34)29(33)36/h3-11,20,23-24,26-27H,12-19,31H2,1-2H3,(H,32,35)/t23-,24?,26-,27+/m1/s1. The van der Waals surface area contributed by atoms with E-state index in [-0.39, 0.29) is 35.9 Å². The molecule has 0 bridgehead atoms. The predicted octanol–water partition coefficient (Wildman–Crippen LogP) is 4.01. The third kappa shape index (κ3) is 6.47. The Hall–Kier alpha value is -2.41. The SMILES string of the molecule is CC(C)C[C@H](C(=O)NCc1ccccc1Cl)N1CCC(CCc2ccccc2)N2C[C@H](N)C[C@H]2C1=O. The van der Waals surface area contributed by atoms with E-state index in [0.717, 1.165) is 31.4 Å². The van der Waals surface area contributed by atoms with Crippen molar-refractivity contribution in [2.75, 3.05) is 13.1 Å². The molecule has 2 fully saturated rings. The first-order valence-electron chi connectivity index (χ1n) is 13.2. The second-order valence-corrected chi connectivity index (χ2v) is 11.1. The number of nitrogens with two attached hydrogens (primary N) is 1. The summed E-state index contributed by atoms with van der Waals surface area (Å²) in [7, 11) is 0. The van der Waals surface area contributed by atoms with Gasteiger partial charge in [0.2, 0.25) is 11.8 Å². The molecule has 0 spiro atoms. The van der Waals surface area contributed by atoms with Gasteiger partial charge in [-0.2, -0.15) is 0 Å². The van der Waals surface area contributed by atoms with E-state index in [1.54, 1.807) is 0 Å². The third-order valence-electron chi connectivity index (χ3n) is 7.51. The maximum absolute atomic E-state index is 13.9. The minimum absolute atomic E-state index is 0.0178. The van der Waals surface area contributed by atoms with Crippen molar-refractivity contribution in [3.63, 3.8) is 0 Å². The second-order valence-electron chi connectivity index (χ2n) is 10.7. The zero-order valence-electron chi connectivity index (χ0n) is 21.4. The minimum atomic E-state index is -0.508. The molecule has 2 heterocycles. The molecule has 7 heteroatoms. The van der Waals surface area contributed by atoms with E-state index >= 15 is 0 Å². The molecule has 0 aromatic heterocycles. The van der Waals surface area contributed by atoms with Crippen molar-refractivity contribution in [1.82, 2.24) is 15.1 Å². The van der Waals surface area contributed by atoms with Crippen LogP contribution in [0.3, 0.4) is 0 Å². The Bertz CT molecular complexity index is 1030. The van der Waals surface area contributed by atoms with Crippen LogP contribution in [0.5, 0.6) is 0 Å². The fourth-order valence-corrected chi connectivity index (χ4v) is 5.86. The fourth-order valence-electron chi connectivity index (χ4n) is 5.66. The molecule has 3 N–H and O–H groups in total. The molecule has 4 rings (SSSR count). The van der Waals surface area contributed by atoms with Crippen LogP contribution in [0.25, 0.3) is 0 Å². The summed E-state index contributed by atoms with van der Waals surface area (Å²) in [5.74, 6) is 0.199. The molecule has 36 heavy (non-hydrogen) atoms. The van der Waals surface area contributed by atoms with Gasteiger partial charge in [-0.15, -0.1) is 0 Å². The second kappa shape index (κ2) is 12.2. The Morgan fingerprint density at radius 3 is 2.58 bits per heavy atom. The summed E-state index contributed by atoms with van der Waals surface area (Å²) in [6, 6.07) is 17.5. The number of hydrogen-bond donors (Lipinski definition) is 2. The summed E-state index contributed by atoms with van der Waals surface area (Å²) in [6.07, 6.45) is 4.04. The van der Waals surface area contributed by atoms with Crippen LogP contribution < -0.4 is 11.1 Å². The number of fused-ring (bicyclic) bond motifs is 1. The number of halogens is 1. The van der Waals surface area contributed by atoms with Gasteiger partial charge in [-0.25, -0.2) is 0 Å². The molecule has 2 aromatic rings. The molecule has 2 saturated heterocycles. The highest BCUT2D eigenvalue weighted by Crippen LogP contribution is 2.30. The van der Waals surface area contributed by atoms with Crippen LogP contribution in [0, 0.1) is 5.92 Å². The van der Waals surface area contributed by atoms with E-state index in [1.807, 2.05) is 35.2 Å². The first kappa shape index (κ1) is 26.6. The third-order valence-corrected chi connectivity index (χ3v) is 7.87. The molecule has 194 valence electrons. The van der Waals surface area contributed by atoms with Crippen LogP contribution in [0.2, 0.25) is 5.02 Å². The van der Waals surface area contributed by atoms with Gasteiger partial charge in [-0.05, 0) is 55.2 Å². The number of carbonyl (C=O) groups excluding carboxylic acids is 2. The Labute approximate surface area is 220 Å². The number of aryl methyl sites for hydroxylation is 1. The summed E-state index contributed by atoms with van der Waals surface area (Å²) in [4.78, 5) is 31.5. The highest BCUT2D eigenvalue weighted by molar-refractivity contribution is 6.31. The Balaban J connectivity index is 1.50. The van der Waals surface area contributed by atoms with Gasteiger partial charge in [0.1, 0.15) is 6.04 Å². The lowest BCUT2D eigenvalue weighted by molar-refractivity contribution is -0.143. The summed E-state index contributed by atoms with van der Waals surface area (Å²) >= 11 is 6.30. The van der Waals surface area contributed by atoms with Gasteiger partial charge in [-0.1, -0.05) is 74.0 Å². The largest absolute Gasteiger partial charge is 0.350 e. The summed E-state index contributed by atoms with van der Waals surface area (Å²) in [5, 5.41) is 3.68. The van der Waals surface area contributed by atoms with Gasteiger partial charge >= 0.3 is 0 Å². The fraction of sp³-hybridized carbons (Fsp3) is 0.517. The summed E-state index contributed by atoms with van der Waals surface area (Å²) in [5.41, 5.74) is 8.54. The molecular weight excluding hydrogens is 472 g/mol. The molecule has 0 radical (unpaired) electrons. The molecule has 1 unspecified atom stereocenters. The number of nitrogens with zero attached hydrogens (tertiary/aromatic N) is 2. The number of rotatable bonds is 9. The Morgan fingerprint density at radius 1 is 1.14 bits per heavy atom. The van der Waals surface area contributed by atoms with Crippen LogP contribution in [-0.4, -0.2) is 58.9 Å². The highest BCUT2D eigenvalue weighted by atomic mass is 35.5. The van der Waals surface area contributed by atoms with Crippen LogP contribution in [0.4, 0.5) is 0 Å². The van der Waals surface area contributed by atoms with Crippen LogP contribution in [-0.2, 0) is 22.6 Å². The number of nitrogens with one attached hydrogen (secondary N) is 1. The van der Waals surface area contributed by atoms with E-state index < -0.39 is 6.04 Å². The quantitative estimate of drug-likeness (QED) is 0.534. The first-order chi connectivity index (χ1) is 17.3. The van der Waals surface area contributed by atoms with E-state index in [9.17, 15) is 9.59 Å². The molecule has 2 aromatic carbocycles. The number of benzene rings is 2. The Morgan fingerprint density at radius 2 is 1.86 bits per heavy atom. The molecule has 0 saturated carbocycles. The van der Waals surface area contributed by atoms with Gasteiger partial charge in [0.15, 0.2) is 0 Å². The van der Waals surface area contributed by atoms with Gasteiger partial charge in [0.05, 0.1) is 6.04 Å². The van der Waals surface area contributed by atoms with Gasteiger partial charge < -0.3 is 16.0 Å². The molecule has 0 aliphatic carbocycles. The Kier molecular flexibility index (Phi) is 9.04.